The van der Waals surface area contributed by atoms with Crippen molar-refractivity contribution in [1.82, 2.24) is 20.3 Å². The topological polar surface area (TPSA) is 52.0 Å². The average Bonchev–Trinajstić information content (AvgIpc) is 2.91. The van der Waals surface area contributed by atoms with Crippen LogP contribution in [0.1, 0.15) is 25.5 Å². The summed E-state index contributed by atoms with van der Waals surface area (Å²) < 4.78 is 7.19. The standard InChI is InChI=1S/C12H22N4O/c1-3-13-11(6-10-4-5-17-9-10)7-12-8-16(2)15-14-12/h8,10-11,13H,3-7,9H2,1-2H3. The predicted molar refractivity (Wildman–Crippen MR) is 65.7 cm³/mol. The van der Waals surface area contributed by atoms with Gasteiger partial charge >= 0.3 is 0 Å². The van der Waals surface area contributed by atoms with Gasteiger partial charge in [0.2, 0.25) is 0 Å². The molecule has 0 amide bonds. The molecule has 0 aromatic carbocycles. The molecular weight excluding hydrogens is 216 g/mol. The van der Waals surface area contributed by atoms with Crippen molar-refractivity contribution in [3.63, 3.8) is 0 Å². The largest absolute Gasteiger partial charge is 0.381 e. The van der Waals surface area contributed by atoms with Gasteiger partial charge in [-0.3, -0.25) is 4.68 Å². The maximum atomic E-state index is 5.43. The van der Waals surface area contributed by atoms with Crippen LogP contribution in [0.3, 0.4) is 0 Å². The number of rotatable bonds is 6. The highest BCUT2D eigenvalue weighted by Gasteiger charge is 2.21. The molecule has 96 valence electrons. The molecule has 1 aliphatic heterocycles. The highest BCUT2D eigenvalue weighted by Crippen LogP contribution is 2.19. The van der Waals surface area contributed by atoms with E-state index in [1.807, 2.05) is 13.2 Å². The van der Waals surface area contributed by atoms with Gasteiger partial charge in [-0.25, -0.2) is 0 Å². The molecule has 1 aromatic heterocycles. The molecule has 2 rings (SSSR count). The van der Waals surface area contributed by atoms with Crippen LogP contribution in [0.5, 0.6) is 0 Å². The lowest BCUT2D eigenvalue weighted by Crippen LogP contribution is -2.33. The Labute approximate surface area is 103 Å². The van der Waals surface area contributed by atoms with Crippen molar-refractivity contribution in [2.45, 2.75) is 32.2 Å². The minimum Gasteiger partial charge on any atom is -0.381 e. The van der Waals surface area contributed by atoms with Gasteiger partial charge in [0.15, 0.2) is 0 Å². The number of likely N-dealkylation sites (N-methyl/N-ethyl adjacent to an activating group) is 1. The monoisotopic (exact) mass is 238 g/mol. The summed E-state index contributed by atoms with van der Waals surface area (Å²) in [6.07, 6.45) is 5.32. The number of hydrogen-bond donors (Lipinski definition) is 1. The SMILES string of the molecule is CCNC(Cc1cn(C)nn1)CC1CCOC1. The number of hydrogen-bond acceptors (Lipinski definition) is 4. The highest BCUT2D eigenvalue weighted by molar-refractivity contribution is 4.96. The summed E-state index contributed by atoms with van der Waals surface area (Å²) in [5.74, 6) is 0.704. The van der Waals surface area contributed by atoms with Crippen molar-refractivity contribution in [2.24, 2.45) is 13.0 Å². The molecule has 0 aliphatic carbocycles. The van der Waals surface area contributed by atoms with Crippen molar-refractivity contribution in [2.75, 3.05) is 19.8 Å². The summed E-state index contributed by atoms with van der Waals surface area (Å²) >= 11 is 0. The second-order valence-corrected chi connectivity index (χ2v) is 4.81. The fraction of sp³-hybridized carbons (Fsp3) is 0.833. The molecule has 1 N–H and O–H groups in total. The predicted octanol–water partition coefficient (Wildman–Crippen LogP) is 0.762. The molecule has 1 aliphatic rings. The molecular formula is C12H22N4O. The van der Waals surface area contributed by atoms with E-state index in [-0.39, 0.29) is 0 Å². The van der Waals surface area contributed by atoms with Crippen LogP contribution >= 0.6 is 0 Å². The second-order valence-electron chi connectivity index (χ2n) is 4.81. The smallest absolute Gasteiger partial charge is 0.0842 e. The molecule has 2 atom stereocenters. The van der Waals surface area contributed by atoms with E-state index in [9.17, 15) is 0 Å². The lowest BCUT2D eigenvalue weighted by molar-refractivity contribution is 0.181. The van der Waals surface area contributed by atoms with Gasteiger partial charge in [-0.1, -0.05) is 12.1 Å². The molecule has 0 bridgehead atoms. The van der Waals surface area contributed by atoms with Crippen LogP contribution in [0.2, 0.25) is 0 Å². The summed E-state index contributed by atoms with van der Waals surface area (Å²) in [4.78, 5) is 0. The Balaban J connectivity index is 1.87. The second kappa shape index (κ2) is 6.12. The van der Waals surface area contributed by atoms with E-state index >= 15 is 0 Å². The Kier molecular flexibility index (Phi) is 4.50. The highest BCUT2D eigenvalue weighted by atomic mass is 16.5. The summed E-state index contributed by atoms with van der Waals surface area (Å²) in [5, 5.41) is 11.7. The number of nitrogens with zero attached hydrogens (tertiary/aromatic N) is 3. The van der Waals surface area contributed by atoms with Gasteiger partial charge in [0.25, 0.3) is 0 Å². The molecule has 2 heterocycles. The molecule has 0 radical (unpaired) electrons. The summed E-state index contributed by atoms with van der Waals surface area (Å²) in [6, 6.07) is 0.489. The lowest BCUT2D eigenvalue weighted by atomic mass is 9.96. The Morgan fingerprint density at radius 2 is 2.53 bits per heavy atom. The van der Waals surface area contributed by atoms with Crippen LogP contribution in [0, 0.1) is 5.92 Å². The summed E-state index contributed by atoms with van der Waals surface area (Å²) in [5.41, 5.74) is 1.07. The number of aromatic nitrogens is 3. The van der Waals surface area contributed by atoms with E-state index < -0.39 is 0 Å². The fourth-order valence-corrected chi connectivity index (χ4v) is 2.44. The molecule has 0 saturated carbocycles. The quantitative estimate of drug-likeness (QED) is 0.795. The number of nitrogens with one attached hydrogen (secondary N) is 1. The first-order valence-corrected chi connectivity index (χ1v) is 6.44. The zero-order valence-electron chi connectivity index (χ0n) is 10.7. The third kappa shape index (κ3) is 3.78. The molecule has 1 saturated heterocycles. The molecule has 2 unspecified atom stereocenters. The third-order valence-corrected chi connectivity index (χ3v) is 3.24. The Bertz CT molecular complexity index is 333. The van der Waals surface area contributed by atoms with Crippen molar-refractivity contribution >= 4 is 0 Å². The number of ether oxygens (including phenoxy) is 1. The molecule has 1 fully saturated rings. The first-order valence-electron chi connectivity index (χ1n) is 6.44. The van der Waals surface area contributed by atoms with Crippen molar-refractivity contribution < 1.29 is 4.74 Å². The maximum absolute atomic E-state index is 5.43. The molecule has 1 aromatic rings. The number of aryl methyl sites for hydroxylation is 1. The maximum Gasteiger partial charge on any atom is 0.0842 e. The first-order chi connectivity index (χ1) is 8.28. The van der Waals surface area contributed by atoms with Crippen LogP contribution in [0.15, 0.2) is 6.20 Å². The van der Waals surface area contributed by atoms with Gasteiger partial charge in [-0.2, -0.15) is 0 Å². The van der Waals surface area contributed by atoms with Crippen LogP contribution in [-0.4, -0.2) is 40.8 Å². The molecule has 5 heteroatoms. The fourth-order valence-electron chi connectivity index (χ4n) is 2.44. The van der Waals surface area contributed by atoms with Crippen LogP contribution in [0.4, 0.5) is 0 Å². The normalized spacial score (nSPS) is 21.9. The van der Waals surface area contributed by atoms with Gasteiger partial charge in [0.05, 0.1) is 5.69 Å². The summed E-state index contributed by atoms with van der Waals surface area (Å²) in [7, 11) is 1.91. The van der Waals surface area contributed by atoms with Crippen molar-refractivity contribution in [1.29, 1.82) is 0 Å². The Morgan fingerprint density at radius 1 is 1.65 bits per heavy atom. The van der Waals surface area contributed by atoms with E-state index in [0.29, 0.717) is 12.0 Å². The van der Waals surface area contributed by atoms with Gasteiger partial charge in [0.1, 0.15) is 0 Å². The van der Waals surface area contributed by atoms with Gasteiger partial charge in [-0.05, 0) is 25.3 Å². The zero-order chi connectivity index (χ0) is 12.1. The van der Waals surface area contributed by atoms with E-state index in [4.69, 9.17) is 4.74 Å². The van der Waals surface area contributed by atoms with E-state index in [0.717, 1.165) is 31.9 Å². The minimum atomic E-state index is 0.489. The molecule has 5 nitrogen and oxygen atoms in total. The molecule has 17 heavy (non-hydrogen) atoms. The van der Waals surface area contributed by atoms with Crippen LogP contribution < -0.4 is 5.32 Å². The lowest BCUT2D eigenvalue weighted by Gasteiger charge is -2.19. The average molecular weight is 238 g/mol. The first kappa shape index (κ1) is 12.5. The van der Waals surface area contributed by atoms with Crippen molar-refractivity contribution in [3.8, 4) is 0 Å². The zero-order valence-corrected chi connectivity index (χ0v) is 10.7. The minimum absolute atomic E-state index is 0.489. The van der Waals surface area contributed by atoms with E-state index in [2.05, 4.69) is 22.6 Å². The Hall–Kier alpha value is -0.940. The van der Waals surface area contributed by atoms with Crippen molar-refractivity contribution in [3.05, 3.63) is 11.9 Å². The third-order valence-electron chi connectivity index (χ3n) is 3.24. The van der Waals surface area contributed by atoms with Crippen LogP contribution in [0.25, 0.3) is 0 Å². The van der Waals surface area contributed by atoms with Gasteiger partial charge < -0.3 is 10.1 Å². The van der Waals surface area contributed by atoms with E-state index in [1.54, 1.807) is 4.68 Å². The van der Waals surface area contributed by atoms with Gasteiger partial charge in [0, 0.05) is 38.9 Å². The van der Waals surface area contributed by atoms with Crippen LogP contribution in [-0.2, 0) is 18.2 Å². The Morgan fingerprint density at radius 3 is 3.12 bits per heavy atom. The van der Waals surface area contributed by atoms with E-state index in [1.165, 1.54) is 12.8 Å². The van der Waals surface area contributed by atoms with Gasteiger partial charge in [-0.15, -0.1) is 5.10 Å². The summed E-state index contributed by atoms with van der Waals surface area (Å²) in [6.45, 7) is 4.99. The molecule has 0 spiro atoms.